The van der Waals surface area contributed by atoms with E-state index in [1.807, 2.05) is 37.3 Å². The molecule has 1 atom stereocenters. The van der Waals surface area contributed by atoms with Crippen molar-refractivity contribution in [3.05, 3.63) is 66.0 Å². The van der Waals surface area contributed by atoms with Gasteiger partial charge in [0.2, 0.25) is 11.8 Å². The van der Waals surface area contributed by atoms with Crippen LogP contribution < -0.4 is 5.32 Å². The number of thioether (sulfide) groups is 1. The molecule has 2 aromatic carbocycles. The first kappa shape index (κ1) is 17.2. The Kier molecular flexibility index (Phi) is 5.45. The number of carbonyl (C=O) groups is 1. The molecule has 0 radical (unpaired) electrons. The Bertz CT molecular complexity index is 837. The Morgan fingerprint density at radius 3 is 2.60 bits per heavy atom. The number of nitrogens with one attached hydrogen (secondary N) is 1. The SMILES string of the molecule is C[C@@H](NC(=O)CSc1nnc(-c2ccc(F)cc2)o1)c1ccccc1. The fraction of sp³-hybridized carbons (Fsp3) is 0.167. The van der Waals surface area contributed by atoms with Gasteiger partial charge in [0, 0.05) is 5.56 Å². The molecule has 0 spiro atoms. The minimum absolute atomic E-state index is 0.0771. The van der Waals surface area contributed by atoms with Crippen molar-refractivity contribution in [2.75, 3.05) is 5.75 Å². The van der Waals surface area contributed by atoms with E-state index in [1.54, 1.807) is 12.1 Å². The standard InChI is InChI=1S/C18H16FN3O2S/c1-12(13-5-3-2-4-6-13)20-16(23)11-25-18-22-21-17(24-18)14-7-9-15(19)10-8-14/h2-10,12H,11H2,1H3,(H,20,23)/t12-/m1/s1. The topological polar surface area (TPSA) is 68.0 Å². The molecule has 7 heteroatoms. The molecule has 0 fully saturated rings. The molecular formula is C18H16FN3O2S. The van der Waals surface area contributed by atoms with Crippen LogP contribution in [0.1, 0.15) is 18.5 Å². The first-order valence-electron chi connectivity index (χ1n) is 7.68. The number of benzene rings is 2. The van der Waals surface area contributed by atoms with Gasteiger partial charge in [-0.2, -0.15) is 0 Å². The third kappa shape index (κ3) is 4.67. The second-order valence-electron chi connectivity index (χ2n) is 5.37. The molecule has 25 heavy (non-hydrogen) atoms. The van der Waals surface area contributed by atoms with Crippen molar-refractivity contribution in [3.8, 4) is 11.5 Å². The molecule has 1 aromatic heterocycles. The summed E-state index contributed by atoms with van der Waals surface area (Å²) in [5.41, 5.74) is 1.67. The van der Waals surface area contributed by atoms with Crippen molar-refractivity contribution in [2.24, 2.45) is 0 Å². The Hall–Kier alpha value is -2.67. The van der Waals surface area contributed by atoms with Crippen LogP contribution in [-0.4, -0.2) is 21.9 Å². The first-order valence-corrected chi connectivity index (χ1v) is 8.67. The number of aromatic nitrogens is 2. The van der Waals surface area contributed by atoms with Crippen LogP contribution in [0.5, 0.6) is 0 Å². The molecule has 3 aromatic rings. The molecule has 0 unspecified atom stereocenters. The van der Waals surface area contributed by atoms with Crippen molar-refractivity contribution in [3.63, 3.8) is 0 Å². The maximum absolute atomic E-state index is 12.9. The van der Waals surface area contributed by atoms with Crippen LogP contribution in [0.25, 0.3) is 11.5 Å². The second-order valence-corrected chi connectivity index (χ2v) is 6.30. The van der Waals surface area contributed by atoms with Gasteiger partial charge in [0.05, 0.1) is 11.8 Å². The predicted octanol–water partition coefficient (Wildman–Crippen LogP) is 3.85. The van der Waals surface area contributed by atoms with Gasteiger partial charge in [-0.3, -0.25) is 4.79 Å². The van der Waals surface area contributed by atoms with Gasteiger partial charge in [-0.15, -0.1) is 10.2 Å². The van der Waals surface area contributed by atoms with E-state index in [2.05, 4.69) is 15.5 Å². The molecule has 5 nitrogen and oxygen atoms in total. The van der Waals surface area contributed by atoms with Crippen LogP contribution in [0.4, 0.5) is 4.39 Å². The lowest BCUT2D eigenvalue weighted by Gasteiger charge is -2.13. The average Bonchev–Trinajstić information content (AvgIpc) is 3.10. The molecule has 0 saturated carbocycles. The van der Waals surface area contributed by atoms with E-state index < -0.39 is 0 Å². The lowest BCUT2D eigenvalue weighted by molar-refractivity contribution is -0.119. The van der Waals surface area contributed by atoms with Crippen molar-refractivity contribution in [1.82, 2.24) is 15.5 Å². The molecule has 0 aliphatic rings. The Balaban J connectivity index is 1.53. The molecule has 1 heterocycles. The summed E-state index contributed by atoms with van der Waals surface area (Å²) >= 11 is 1.16. The molecule has 0 aliphatic carbocycles. The molecule has 1 amide bonds. The molecule has 0 bridgehead atoms. The van der Waals surface area contributed by atoms with E-state index in [0.717, 1.165) is 17.3 Å². The van der Waals surface area contributed by atoms with Gasteiger partial charge in [0.1, 0.15) is 5.82 Å². The molecule has 3 rings (SSSR count). The molecule has 128 valence electrons. The highest BCUT2D eigenvalue weighted by molar-refractivity contribution is 7.99. The Morgan fingerprint density at radius 1 is 1.16 bits per heavy atom. The van der Waals surface area contributed by atoms with Crippen LogP contribution in [0.15, 0.2) is 64.2 Å². The van der Waals surface area contributed by atoms with Crippen LogP contribution in [0.2, 0.25) is 0 Å². The summed E-state index contributed by atoms with van der Waals surface area (Å²) < 4.78 is 18.4. The smallest absolute Gasteiger partial charge is 0.277 e. The van der Waals surface area contributed by atoms with Crippen molar-refractivity contribution in [2.45, 2.75) is 18.2 Å². The first-order chi connectivity index (χ1) is 12.1. The summed E-state index contributed by atoms with van der Waals surface area (Å²) in [5, 5.41) is 11.0. The zero-order valence-electron chi connectivity index (χ0n) is 13.5. The third-order valence-corrected chi connectivity index (χ3v) is 4.32. The number of nitrogens with zero attached hydrogens (tertiary/aromatic N) is 2. The highest BCUT2D eigenvalue weighted by Crippen LogP contribution is 2.23. The quantitative estimate of drug-likeness (QED) is 0.679. The van der Waals surface area contributed by atoms with Gasteiger partial charge >= 0.3 is 0 Å². The van der Waals surface area contributed by atoms with Gasteiger partial charge in [0.15, 0.2) is 0 Å². The van der Waals surface area contributed by atoms with Gasteiger partial charge in [-0.05, 0) is 36.8 Å². The van der Waals surface area contributed by atoms with E-state index in [1.165, 1.54) is 12.1 Å². The minimum atomic E-state index is -0.331. The predicted molar refractivity (Wildman–Crippen MR) is 93.4 cm³/mol. The third-order valence-electron chi connectivity index (χ3n) is 3.50. The van der Waals surface area contributed by atoms with E-state index in [0.29, 0.717) is 16.7 Å². The Labute approximate surface area is 148 Å². The van der Waals surface area contributed by atoms with E-state index in [9.17, 15) is 9.18 Å². The summed E-state index contributed by atoms with van der Waals surface area (Å²) in [5.74, 6) is 0.00732. The summed E-state index contributed by atoms with van der Waals surface area (Å²) in [7, 11) is 0. The zero-order chi connectivity index (χ0) is 17.6. The molecular weight excluding hydrogens is 341 g/mol. The van der Waals surface area contributed by atoms with Crippen LogP contribution >= 0.6 is 11.8 Å². The Morgan fingerprint density at radius 2 is 1.88 bits per heavy atom. The van der Waals surface area contributed by atoms with Gasteiger partial charge in [-0.1, -0.05) is 42.1 Å². The van der Waals surface area contributed by atoms with E-state index in [-0.39, 0.29) is 23.5 Å². The lowest BCUT2D eigenvalue weighted by atomic mass is 10.1. The molecule has 1 N–H and O–H groups in total. The largest absolute Gasteiger partial charge is 0.411 e. The van der Waals surface area contributed by atoms with Crippen molar-refractivity contribution >= 4 is 17.7 Å². The van der Waals surface area contributed by atoms with Crippen LogP contribution in [-0.2, 0) is 4.79 Å². The summed E-state index contributed by atoms with van der Waals surface area (Å²) in [4.78, 5) is 12.1. The maximum Gasteiger partial charge on any atom is 0.277 e. The van der Waals surface area contributed by atoms with E-state index in [4.69, 9.17) is 4.42 Å². The fourth-order valence-corrected chi connectivity index (χ4v) is 2.79. The van der Waals surface area contributed by atoms with Crippen molar-refractivity contribution < 1.29 is 13.6 Å². The van der Waals surface area contributed by atoms with Crippen molar-refractivity contribution in [1.29, 1.82) is 0 Å². The van der Waals surface area contributed by atoms with Gasteiger partial charge in [-0.25, -0.2) is 4.39 Å². The number of halogens is 1. The number of rotatable bonds is 6. The highest BCUT2D eigenvalue weighted by Gasteiger charge is 2.13. The average molecular weight is 357 g/mol. The zero-order valence-corrected chi connectivity index (χ0v) is 14.3. The van der Waals surface area contributed by atoms with Gasteiger partial charge < -0.3 is 9.73 Å². The molecule has 0 saturated heterocycles. The van der Waals surface area contributed by atoms with Crippen LogP contribution in [0, 0.1) is 5.82 Å². The van der Waals surface area contributed by atoms with E-state index >= 15 is 0 Å². The number of amides is 1. The normalized spacial score (nSPS) is 11.9. The fourth-order valence-electron chi connectivity index (χ4n) is 2.21. The number of carbonyl (C=O) groups excluding carboxylic acids is 1. The van der Waals surface area contributed by atoms with Crippen LogP contribution in [0.3, 0.4) is 0 Å². The number of hydrogen-bond acceptors (Lipinski definition) is 5. The summed E-state index contributed by atoms with van der Waals surface area (Å²) in [6.07, 6.45) is 0. The maximum atomic E-state index is 12.9. The van der Waals surface area contributed by atoms with Gasteiger partial charge in [0.25, 0.3) is 5.22 Å². The highest BCUT2D eigenvalue weighted by atomic mass is 32.2. The minimum Gasteiger partial charge on any atom is -0.411 e. The second kappa shape index (κ2) is 7.94. The lowest BCUT2D eigenvalue weighted by Crippen LogP contribution is -2.28. The summed E-state index contributed by atoms with van der Waals surface area (Å²) in [6, 6.07) is 15.4. The monoisotopic (exact) mass is 357 g/mol. The summed E-state index contributed by atoms with van der Waals surface area (Å²) in [6.45, 7) is 1.93. The molecule has 0 aliphatic heterocycles. The number of hydrogen-bond donors (Lipinski definition) is 1.